The fourth-order valence-electron chi connectivity index (χ4n) is 1.82. The molecule has 0 atom stereocenters. The Balaban J connectivity index is 1.86. The molecule has 110 valence electrons. The zero-order valence-corrected chi connectivity index (χ0v) is 12.0. The van der Waals surface area contributed by atoms with Gasteiger partial charge in [0.25, 0.3) is 5.91 Å². The number of anilines is 2. The SMILES string of the molecule is COCCCNc1ccc(NC(=O)c2cccnc2)cc1. The summed E-state index contributed by atoms with van der Waals surface area (Å²) in [5, 5.41) is 6.12. The zero-order chi connectivity index (χ0) is 14.9. The number of ether oxygens (including phenoxy) is 1. The molecule has 0 radical (unpaired) electrons. The lowest BCUT2D eigenvalue weighted by atomic mass is 10.2. The Morgan fingerprint density at radius 3 is 2.62 bits per heavy atom. The molecule has 0 unspecified atom stereocenters. The Morgan fingerprint density at radius 1 is 1.19 bits per heavy atom. The van der Waals surface area contributed by atoms with Gasteiger partial charge in [0, 0.05) is 44.0 Å². The fraction of sp³-hybridized carbons (Fsp3) is 0.250. The van der Waals surface area contributed by atoms with E-state index in [1.807, 2.05) is 24.3 Å². The van der Waals surface area contributed by atoms with Crippen molar-refractivity contribution in [1.82, 2.24) is 4.98 Å². The second kappa shape index (κ2) is 8.01. The molecule has 5 nitrogen and oxygen atoms in total. The third kappa shape index (κ3) is 4.89. The lowest BCUT2D eigenvalue weighted by Gasteiger charge is -2.08. The van der Waals surface area contributed by atoms with Gasteiger partial charge in [-0.25, -0.2) is 0 Å². The Bertz CT molecular complexity index is 555. The fourth-order valence-corrected chi connectivity index (χ4v) is 1.82. The molecule has 1 aromatic carbocycles. The van der Waals surface area contributed by atoms with E-state index in [2.05, 4.69) is 15.6 Å². The zero-order valence-electron chi connectivity index (χ0n) is 12.0. The van der Waals surface area contributed by atoms with Crippen molar-refractivity contribution in [3.05, 3.63) is 54.4 Å². The molecule has 0 aliphatic rings. The molecule has 1 amide bonds. The summed E-state index contributed by atoms with van der Waals surface area (Å²) in [5.41, 5.74) is 2.32. The lowest BCUT2D eigenvalue weighted by molar-refractivity contribution is 0.102. The summed E-state index contributed by atoms with van der Waals surface area (Å²) in [5.74, 6) is -0.163. The van der Waals surface area contributed by atoms with Gasteiger partial charge in [-0.15, -0.1) is 0 Å². The van der Waals surface area contributed by atoms with Crippen molar-refractivity contribution in [2.45, 2.75) is 6.42 Å². The van der Waals surface area contributed by atoms with E-state index in [0.29, 0.717) is 5.56 Å². The van der Waals surface area contributed by atoms with Crippen LogP contribution >= 0.6 is 0 Å². The van der Waals surface area contributed by atoms with Crippen LogP contribution < -0.4 is 10.6 Å². The molecule has 0 aliphatic carbocycles. The van der Waals surface area contributed by atoms with Gasteiger partial charge in [-0.3, -0.25) is 9.78 Å². The smallest absolute Gasteiger partial charge is 0.257 e. The van der Waals surface area contributed by atoms with Gasteiger partial charge < -0.3 is 15.4 Å². The second-order valence-electron chi connectivity index (χ2n) is 4.55. The van der Waals surface area contributed by atoms with Gasteiger partial charge in [0.05, 0.1) is 5.56 Å². The highest BCUT2D eigenvalue weighted by Crippen LogP contribution is 2.14. The van der Waals surface area contributed by atoms with Crippen LogP contribution in [0.2, 0.25) is 0 Å². The van der Waals surface area contributed by atoms with Crippen molar-refractivity contribution in [3.63, 3.8) is 0 Å². The normalized spacial score (nSPS) is 10.1. The van der Waals surface area contributed by atoms with E-state index in [0.717, 1.165) is 30.9 Å². The molecule has 2 N–H and O–H groups in total. The number of nitrogens with one attached hydrogen (secondary N) is 2. The number of hydrogen-bond donors (Lipinski definition) is 2. The first-order valence-electron chi connectivity index (χ1n) is 6.84. The maximum absolute atomic E-state index is 12.0. The molecule has 2 rings (SSSR count). The Kier molecular flexibility index (Phi) is 5.72. The van der Waals surface area contributed by atoms with Gasteiger partial charge in [0.1, 0.15) is 0 Å². The number of rotatable bonds is 7. The highest BCUT2D eigenvalue weighted by molar-refractivity contribution is 6.04. The van der Waals surface area contributed by atoms with E-state index in [1.54, 1.807) is 31.6 Å². The van der Waals surface area contributed by atoms with E-state index in [-0.39, 0.29) is 5.91 Å². The molecule has 0 bridgehead atoms. The molecule has 0 saturated heterocycles. The third-order valence-corrected chi connectivity index (χ3v) is 2.92. The Labute approximate surface area is 124 Å². The lowest BCUT2D eigenvalue weighted by Crippen LogP contribution is -2.12. The average molecular weight is 285 g/mol. The maximum atomic E-state index is 12.0. The van der Waals surface area contributed by atoms with Gasteiger partial charge in [0.15, 0.2) is 0 Å². The van der Waals surface area contributed by atoms with E-state index in [9.17, 15) is 4.79 Å². The number of nitrogens with zero attached hydrogens (tertiary/aromatic N) is 1. The molecule has 21 heavy (non-hydrogen) atoms. The second-order valence-corrected chi connectivity index (χ2v) is 4.55. The van der Waals surface area contributed by atoms with Crippen LogP contribution in [0.15, 0.2) is 48.8 Å². The summed E-state index contributed by atoms with van der Waals surface area (Å²) in [6, 6.07) is 11.1. The van der Waals surface area contributed by atoms with E-state index < -0.39 is 0 Å². The van der Waals surface area contributed by atoms with Crippen LogP contribution in [0.3, 0.4) is 0 Å². The van der Waals surface area contributed by atoms with Gasteiger partial charge in [-0.2, -0.15) is 0 Å². The van der Waals surface area contributed by atoms with Crippen LogP contribution in [-0.2, 0) is 4.74 Å². The summed E-state index contributed by atoms with van der Waals surface area (Å²) in [7, 11) is 1.69. The maximum Gasteiger partial charge on any atom is 0.257 e. The summed E-state index contributed by atoms with van der Waals surface area (Å²) in [6.07, 6.45) is 4.14. The molecular weight excluding hydrogens is 266 g/mol. The molecule has 0 spiro atoms. The minimum Gasteiger partial charge on any atom is -0.385 e. The van der Waals surface area contributed by atoms with Crippen molar-refractivity contribution in [2.75, 3.05) is 30.9 Å². The van der Waals surface area contributed by atoms with E-state index in [1.165, 1.54) is 0 Å². The Morgan fingerprint density at radius 2 is 1.95 bits per heavy atom. The van der Waals surface area contributed by atoms with Crippen molar-refractivity contribution in [3.8, 4) is 0 Å². The molecule has 2 aromatic rings. The number of methoxy groups -OCH3 is 1. The van der Waals surface area contributed by atoms with Crippen LogP contribution in [0, 0.1) is 0 Å². The first-order valence-corrected chi connectivity index (χ1v) is 6.84. The monoisotopic (exact) mass is 285 g/mol. The topological polar surface area (TPSA) is 63.2 Å². The minimum absolute atomic E-state index is 0.163. The number of carbonyl (C=O) groups is 1. The predicted molar refractivity (Wildman–Crippen MR) is 83.6 cm³/mol. The third-order valence-electron chi connectivity index (χ3n) is 2.92. The number of amides is 1. The van der Waals surface area contributed by atoms with Crippen LogP contribution in [0.25, 0.3) is 0 Å². The number of aromatic nitrogens is 1. The molecule has 0 aliphatic heterocycles. The molecular formula is C16H19N3O2. The van der Waals surface area contributed by atoms with Crippen molar-refractivity contribution < 1.29 is 9.53 Å². The Hall–Kier alpha value is -2.40. The van der Waals surface area contributed by atoms with Gasteiger partial charge in [-0.05, 0) is 42.8 Å². The first-order chi connectivity index (χ1) is 10.3. The summed E-state index contributed by atoms with van der Waals surface area (Å²) in [6.45, 7) is 1.60. The van der Waals surface area contributed by atoms with Crippen molar-refractivity contribution in [2.24, 2.45) is 0 Å². The predicted octanol–water partition coefficient (Wildman–Crippen LogP) is 2.78. The summed E-state index contributed by atoms with van der Waals surface area (Å²) < 4.78 is 4.99. The first kappa shape index (κ1) is 15.0. The van der Waals surface area contributed by atoms with Gasteiger partial charge in [-0.1, -0.05) is 0 Å². The van der Waals surface area contributed by atoms with Crippen LogP contribution in [-0.4, -0.2) is 31.2 Å². The van der Waals surface area contributed by atoms with E-state index in [4.69, 9.17) is 4.74 Å². The molecule has 0 fully saturated rings. The molecule has 1 heterocycles. The van der Waals surface area contributed by atoms with Crippen LogP contribution in [0.5, 0.6) is 0 Å². The molecule has 5 heteroatoms. The van der Waals surface area contributed by atoms with Gasteiger partial charge >= 0.3 is 0 Å². The number of carbonyl (C=O) groups excluding carboxylic acids is 1. The standard InChI is InChI=1S/C16H19N3O2/c1-21-11-3-10-18-14-5-7-15(8-6-14)19-16(20)13-4-2-9-17-12-13/h2,4-9,12,18H,3,10-11H2,1H3,(H,19,20). The number of pyridine rings is 1. The number of benzene rings is 1. The van der Waals surface area contributed by atoms with E-state index >= 15 is 0 Å². The molecule has 1 aromatic heterocycles. The minimum atomic E-state index is -0.163. The van der Waals surface area contributed by atoms with Crippen LogP contribution in [0.1, 0.15) is 16.8 Å². The largest absolute Gasteiger partial charge is 0.385 e. The average Bonchev–Trinajstić information content (AvgIpc) is 2.54. The molecule has 0 saturated carbocycles. The number of hydrogen-bond acceptors (Lipinski definition) is 4. The summed E-state index contributed by atoms with van der Waals surface area (Å²) in [4.78, 5) is 15.9. The van der Waals surface area contributed by atoms with Crippen molar-refractivity contribution in [1.29, 1.82) is 0 Å². The quantitative estimate of drug-likeness (QED) is 0.768. The summed E-state index contributed by atoms with van der Waals surface area (Å²) >= 11 is 0. The highest BCUT2D eigenvalue weighted by Gasteiger charge is 2.05. The van der Waals surface area contributed by atoms with Gasteiger partial charge in [0.2, 0.25) is 0 Å². The van der Waals surface area contributed by atoms with Crippen LogP contribution in [0.4, 0.5) is 11.4 Å². The highest BCUT2D eigenvalue weighted by atomic mass is 16.5. The van der Waals surface area contributed by atoms with Crippen molar-refractivity contribution >= 4 is 17.3 Å².